The molecule has 0 aromatic carbocycles. The van der Waals surface area contributed by atoms with Crippen LogP contribution in [0.15, 0.2) is 0 Å². The van der Waals surface area contributed by atoms with Crippen molar-refractivity contribution in [3.8, 4) is 0 Å². The molecule has 0 heterocycles. The fraction of sp³-hybridized carbons (Fsp3) is 1.00. The average molecular weight is 187 g/mol. The van der Waals surface area contributed by atoms with Crippen molar-refractivity contribution in [3.63, 3.8) is 0 Å². The molecule has 0 saturated carbocycles. The first kappa shape index (κ1) is 12.9. The molecule has 80 valence electrons. The summed E-state index contributed by atoms with van der Waals surface area (Å²) in [6.07, 6.45) is 2.71. The molecular weight excluding hydrogens is 162 g/mol. The molecular formula is C11H25NO. The summed E-state index contributed by atoms with van der Waals surface area (Å²) in [5.74, 6) is 0.791. The Morgan fingerprint density at radius 1 is 1.23 bits per heavy atom. The van der Waals surface area contributed by atoms with Crippen LogP contribution < -0.4 is 5.32 Å². The maximum atomic E-state index is 5.54. The summed E-state index contributed by atoms with van der Waals surface area (Å²) in [6, 6.07) is 0. The lowest BCUT2D eigenvalue weighted by Crippen LogP contribution is -2.28. The van der Waals surface area contributed by atoms with E-state index in [1.165, 1.54) is 6.42 Å². The summed E-state index contributed by atoms with van der Waals surface area (Å²) in [5, 5.41) is 3.40. The van der Waals surface area contributed by atoms with E-state index in [4.69, 9.17) is 4.74 Å². The fourth-order valence-electron chi connectivity index (χ4n) is 1.07. The first-order valence-electron chi connectivity index (χ1n) is 5.49. The van der Waals surface area contributed by atoms with Crippen LogP contribution >= 0.6 is 0 Å². The first-order chi connectivity index (χ1) is 6.16. The highest BCUT2D eigenvalue weighted by Gasteiger charge is 2.00. The van der Waals surface area contributed by atoms with E-state index in [2.05, 4.69) is 33.0 Å². The second-order valence-electron chi connectivity index (χ2n) is 4.07. The van der Waals surface area contributed by atoms with Crippen LogP contribution in [0.5, 0.6) is 0 Å². The third-order valence-electron chi connectivity index (χ3n) is 1.94. The van der Waals surface area contributed by atoms with E-state index in [9.17, 15) is 0 Å². The average Bonchev–Trinajstić information content (AvgIpc) is 2.08. The molecule has 0 aliphatic heterocycles. The largest absolute Gasteiger partial charge is 0.377 e. The van der Waals surface area contributed by atoms with Gasteiger partial charge < -0.3 is 10.1 Å². The summed E-state index contributed by atoms with van der Waals surface area (Å²) < 4.78 is 5.54. The molecule has 0 bridgehead atoms. The van der Waals surface area contributed by atoms with Gasteiger partial charge in [-0.2, -0.15) is 0 Å². The second kappa shape index (κ2) is 8.52. The van der Waals surface area contributed by atoms with Crippen LogP contribution in [0, 0.1) is 5.92 Å². The Labute approximate surface area is 83.1 Å². The van der Waals surface area contributed by atoms with Gasteiger partial charge >= 0.3 is 0 Å². The maximum Gasteiger partial charge on any atom is 0.0671 e. The van der Waals surface area contributed by atoms with Gasteiger partial charge in [0, 0.05) is 13.2 Å². The summed E-state index contributed by atoms with van der Waals surface area (Å²) in [7, 11) is 0. The molecule has 13 heavy (non-hydrogen) atoms. The molecule has 0 aromatic rings. The van der Waals surface area contributed by atoms with Gasteiger partial charge in [-0.25, -0.2) is 0 Å². The lowest BCUT2D eigenvalue weighted by Gasteiger charge is -2.13. The maximum absolute atomic E-state index is 5.54. The minimum Gasteiger partial charge on any atom is -0.377 e. The number of hydrogen-bond donors (Lipinski definition) is 1. The van der Waals surface area contributed by atoms with E-state index in [-0.39, 0.29) is 0 Å². The molecule has 0 radical (unpaired) electrons. The van der Waals surface area contributed by atoms with Crippen molar-refractivity contribution in [2.45, 2.75) is 46.6 Å². The van der Waals surface area contributed by atoms with Gasteiger partial charge in [0.15, 0.2) is 0 Å². The predicted octanol–water partition coefficient (Wildman–Crippen LogP) is 2.44. The normalized spacial score (nSPS) is 13.6. The minimum absolute atomic E-state index is 0.354. The highest BCUT2D eigenvalue weighted by atomic mass is 16.5. The van der Waals surface area contributed by atoms with Crippen molar-refractivity contribution < 1.29 is 4.74 Å². The minimum atomic E-state index is 0.354. The van der Waals surface area contributed by atoms with Crippen LogP contribution in [-0.4, -0.2) is 25.8 Å². The lowest BCUT2D eigenvalue weighted by molar-refractivity contribution is 0.0663. The Hall–Kier alpha value is -0.0800. The monoisotopic (exact) mass is 187 g/mol. The molecule has 0 aliphatic rings. The van der Waals surface area contributed by atoms with E-state index >= 15 is 0 Å². The Balaban J connectivity index is 3.12. The van der Waals surface area contributed by atoms with Gasteiger partial charge in [-0.05, 0) is 32.2 Å². The second-order valence-corrected chi connectivity index (χ2v) is 4.07. The number of rotatable bonds is 8. The van der Waals surface area contributed by atoms with Crippen LogP contribution in [0.25, 0.3) is 0 Å². The van der Waals surface area contributed by atoms with Gasteiger partial charge in [0.1, 0.15) is 0 Å². The van der Waals surface area contributed by atoms with E-state index in [0.717, 1.165) is 32.0 Å². The summed E-state index contributed by atoms with van der Waals surface area (Å²) in [6.45, 7) is 11.7. The van der Waals surface area contributed by atoms with Gasteiger partial charge in [0.25, 0.3) is 0 Å². The molecule has 2 heteroatoms. The van der Waals surface area contributed by atoms with Crippen molar-refractivity contribution >= 4 is 0 Å². The van der Waals surface area contributed by atoms with Gasteiger partial charge in [0.2, 0.25) is 0 Å². The van der Waals surface area contributed by atoms with E-state index in [0.29, 0.717) is 6.10 Å². The van der Waals surface area contributed by atoms with Crippen molar-refractivity contribution in [3.05, 3.63) is 0 Å². The quantitative estimate of drug-likeness (QED) is 0.589. The van der Waals surface area contributed by atoms with Crippen LogP contribution in [0.3, 0.4) is 0 Å². The van der Waals surface area contributed by atoms with E-state index in [1.54, 1.807) is 0 Å². The number of hydrogen-bond acceptors (Lipinski definition) is 2. The van der Waals surface area contributed by atoms with Crippen molar-refractivity contribution in [2.24, 2.45) is 5.92 Å². The summed E-state index contributed by atoms with van der Waals surface area (Å²) in [4.78, 5) is 0. The van der Waals surface area contributed by atoms with Crippen LogP contribution in [-0.2, 0) is 4.74 Å². The molecule has 0 amide bonds. The zero-order valence-electron chi connectivity index (χ0n) is 9.60. The smallest absolute Gasteiger partial charge is 0.0671 e. The SMILES string of the molecule is CCCOC(C)CNCCC(C)C. The van der Waals surface area contributed by atoms with Crippen molar-refractivity contribution in [1.29, 1.82) is 0 Å². The van der Waals surface area contributed by atoms with Gasteiger partial charge in [-0.3, -0.25) is 0 Å². The zero-order valence-corrected chi connectivity index (χ0v) is 9.60. The standard InChI is InChI=1S/C11H25NO/c1-5-8-13-11(4)9-12-7-6-10(2)3/h10-12H,5-9H2,1-4H3. The first-order valence-corrected chi connectivity index (χ1v) is 5.49. The van der Waals surface area contributed by atoms with Crippen LogP contribution in [0.1, 0.15) is 40.5 Å². The van der Waals surface area contributed by atoms with E-state index < -0.39 is 0 Å². The molecule has 0 rings (SSSR count). The lowest BCUT2D eigenvalue weighted by atomic mass is 10.1. The fourth-order valence-corrected chi connectivity index (χ4v) is 1.07. The summed E-state index contributed by atoms with van der Waals surface area (Å²) >= 11 is 0. The molecule has 0 aromatic heterocycles. The molecule has 0 aliphatic carbocycles. The number of nitrogens with one attached hydrogen (secondary N) is 1. The molecule has 0 spiro atoms. The Kier molecular flexibility index (Phi) is 8.46. The molecule has 1 unspecified atom stereocenters. The third-order valence-corrected chi connectivity index (χ3v) is 1.94. The highest BCUT2D eigenvalue weighted by Crippen LogP contribution is 1.96. The van der Waals surface area contributed by atoms with Gasteiger partial charge in [-0.15, -0.1) is 0 Å². The molecule has 2 nitrogen and oxygen atoms in total. The predicted molar refractivity (Wildman–Crippen MR) is 58.0 cm³/mol. The Morgan fingerprint density at radius 3 is 2.46 bits per heavy atom. The van der Waals surface area contributed by atoms with Crippen LogP contribution in [0.4, 0.5) is 0 Å². The topological polar surface area (TPSA) is 21.3 Å². The third kappa shape index (κ3) is 9.84. The van der Waals surface area contributed by atoms with Gasteiger partial charge in [0.05, 0.1) is 6.10 Å². The molecule has 0 saturated heterocycles. The zero-order chi connectivity index (χ0) is 10.1. The van der Waals surface area contributed by atoms with E-state index in [1.807, 2.05) is 0 Å². The highest BCUT2D eigenvalue weighted by molar-refractivity contribution is 4.56. The molecule has 0 fully saturated rings. The van der Waals surface area contributed by atoms with Crippen molar-refractivity contribution in [1.82, 2.24) is 5.32 Å². The van der Waals surface area contributed by atoms with Gasteiger partial charge in [-0.1, -0.05) is 20.8 Å². The summed E-state index contributed by atoms with van der Waals surface area (Å²) in [5.41, 5.74) is 0. The van der Waals surface area contributed by atoms with Crippen molar-refractivity contribution in [2.75, 3.05) is 19.7 Å². The molecule has 1 N–H and O–H groups in total. The van der Waals surface area contributed by atoms with Crippen LogP contribution in [0.2, 0.25) is 0 Å². The molecule has 1 atom stereocenters. The number of ether oxygens (including phenoxy) is 1. The Bertz CT molecular complexity index is 104. The Morgan fingerprint density at radius 2 is 1.92 bits per heavy atom.